The lowest BCUT2D eigenvalue weighted by Crippen LogP contribution is -2.21. The van der Waals surface area contributed by atoms with Crippen LogP contribution in [-0.2, 0) is 6.54 Å². The van der Waals surface area contributed by atoms with Crippen molar-refractivity contribution < 1.29 is 9.53 Å². The fourth-order valence-electron chi connectivity index (χ4n) is 2.02. The lowest BCUT2D eigenvalue weighted by atomic mass is 10.1. The van der Waals surface area contributed by atoms with Crippen LogP contribution in [0.4, 0.5) is 5.69 Å². The van der Waals surface area contributed by atoms with Gasteiger partial charge in [0.1, 0.15) is 12.4 Å². The molecule has 4 nitrogen and oxygen atoms in total. The summed E-state index contributed by atoms with van der Waals surface area (Å²) in [6.07, 6.45) is 5.16. The Kier molecular flexibility index (Phi) is 5.65. The van der Waals surface area contributed by atoms with E-state index in [-0.39, 0.29) is 12.5 Å². The van der Waals surface area contributed by atoms with E-state index in [1.807, 2.05) is 48.5 Å². The highest BCUT2D eigenvalue weighted by Crippen LogP contribution is 2.15. The van der Waals surface area contributed by atoms with Crippen molar-refractivity contribution in [1.29, 1.82) is 0 Å². The first-order valence-electron chi connectivity index (χ1n) is 7.31. The highest BCUT2D eigenvalue weighted by atomic mass is 16.5. The Balaban J connectivity index is 1.90. The molecular formula is C19H20N2O2. The Morgan fingerprint density at radius 1 is 1.13 bits per heavy atom. The van der Waals surface area contributed by atoms with Gasteiger partial charge in [-0.15, -0.1) is 6.42 Å². The summed E-state index contributed by atoms with van der Waals surface area (Å²) in [6, 6.07) is 15.2. The molecule has 0 aliphatic carbocycles. The quantitative estimate of drug-likeness (QED) is 0.834. The molecule has 0 spiro atoms. The number of nitrogens with one attached hydrogen (secondary N) is 1. The first-order chi connectivity index (χ1) is 11.1. The van der Waals surface area contributed by atoms with Gasteiger partial charge in [0.05, 0.1) is 0 Å². The lowest BCUT2D eigenvalue weighted by molar-refractivity contribution is 0.0827. The van der Waals surface area contributed by atoms with Gasteiger partial charge in [-0.05, 0) is 42.0 Å². The van der Waals surface area contributed by atoms with Crippen LogP contribution in [0.15, 0.2) is 48.5 Å². The van der Waals surface area contributed by atoms with Crippen LogP contribution in [0.2, 0.25) is 0 Å². The van der Waals surface area contributed by atoms with E-state index in [4.69, 9.17) is 11.2 Å². The van der Waals surface area contributed by atoms with Crippen molar-refractivity contribution in [2.75, 3.05) is 26.0 Å². The smallest absolute Gasteiger partial charge is 0.253 e. The summed E-state index contributed by atoms with van der Waals surface area (Å²) in [6.45, 7) is 0.964. The van der Waals surface area contributed by atoms with Gasteiger partial charge in [0, 0.05) is 31.9 Å². The second-order valence-corrected chi connectivity index (χ2v) is 5.27. The van der Waals surface area contributed by atoms with Gasteiger partial charge in [-0.2, -0.15) is 0 Å². The lowest BCUT2D eigenvalue weighted by Gasteiger charge is -2.11. The minimum Gasteiger partial charge on any atom is -0.481 e. The van der Waals surface area contributed by atoms with Crippen LogP contribution in [0.25, 0.3) is 0 Å². The van der Waals surface area contributed by atoms with Gasteiger partial charge < -0.3 is 15.0 Å². The van der Waals surface area contributed by atoms with E-state index < -0.39 is 0 Å². The molecule has 0 radical (unpaired) electrons. The maximum absolute atomic E-state index is 11.8. The zero-order chi connectivity index (χ0) is 16.7. The molecule has 0 bridgehead atoms. The summed E-state index contributed by atoms with van der Waals surface area (Å²) in [4.78, 5) is 13.4. The third-order valence-electron chi connectivity index (χ3n) is 3.28. The monoisotopic (exact) mass is 308 g/mol. The van der Waals surface area contributed by atoms with Crippen LogP contribution in [0, 0.1) is 12.3 Å². The third-order valence-corrected chi connectivity index (χ3v) is 3.28. The van der Waals surface area contributed by atoms with Crippen molar-refractivity contribution in [3.8, 4) is 18.1 Å². The largest absolute Gasteiger partial charge is 0.481 e. The molecule has 0 unspecified atom stereocenters. The van der Waals surface area contributed by atoms with Gasteiger partial charge in [0.25, 0.3) is 5.91 Å². The van der Waals surface area contributed by atoms with Crippen LogP contribution in [0.1, 0.15) is 15.9 Å². The average Bonchev–Trinajstić information content (AvgIpc) is 2.58. The average molecular weight is 308 g/mol. The van der Waals surface area contributed by atoms with Gasteiger partial charge in [-0.3, -0.25) is 4.79 Å². The molecule has 0 saturated heterocycles. The predicted octanol–water partition coefficient (Wildman–Crippen LogP) is 3.01. The fourth-order valence-corrected chi connectivity index (χ4v) is 2.02. The number of benzene rings is 2. The van der Waals surface area contributed by atoms with Crippen molar-refractivity contribution in [3.05, 3.63) is 59.7 Å². The first-order valence-corrected chi connectivity index (χ1v) is 7.31. The number of hydrogen-bond acceptors (Lipinski definition) is 3. The summed E-state index contributed by atoms with van der Waals surface area (Å²) in [5.41, 5.74) is 2.77. The second kappa shape index (κ2) is 7.90. The Morgan fingerprint density at radius 3 is 2.35 bits per heavy atom. The predicted molar refractivity (Wildman–Crippen MR) is 92.6 cm³/mol. The summed E-state index contributed by atoms with van der Waals surface area (Å²) in [5, 5.41) is 3.32. The van der Waals surface area contributed by atoms with E-state index >= 15 is 0 Å². The molecule has 0 atom stereocenters. The Labute approximate surface area is 137 Å². The number of rotatable bonds is 6. The van der Waals surface area contributed by atoms with Crippen molar-refractivity contribution in [3.63, 3.8) is 0 Å². The Bertz CT molecular complexity index is 683. The highest BCUT2D eigenvalue weighted by Gasteiger charge is 2.06. The van der Waals surface area contributed by atoms with Crippen LogP contribution >= 0.6 is 0 Å². The first kappa shape index (κ1) is 16.4. The third kappa shape index (κ3) is 4.79. The van der Waals surface area contributed by atoms with E-state index in [1.165, 1.54) is 0 Å². The molecule has 0 aliphatic heterocycles. The fraction of sp³-hybridized carbons (Fsp3) is 0.211. The number of ether oxygens (including phenoxy) is 1. The van der Waals surface area contributed by atoms with Gasteiger partial charge in [0.2, 0.25) is 0 Å². The number of anilines is 1. The van der Waals surface area contributed by atoms with E-state index in [1.54, 1.807) is 19.0 Å². The van der Waals surface area contributed by atoms with E-state index in [0.29, 0.717) is 12.1 Å². The standard InChI is InChI=1S/C19H20N2O2/c1-4-13-23-18-11-5-15(6-12-18)14-20-17-9-7-16(8-10-17)19(22)21(2)3/h1,5-12,20H,13-14H2,2-3H3. The molecule has 1 N–H and O–H groups in total. The van der Waals surface area contributed by atoms with Crippen LogP contribution in [-0.4, -0.2) is 31.5 Å². The molecule has 118 valence electrons. The maximum Gasteiger partial charge on any atom is 0.253 e. The van der Waals surface area contributed by atoms with Crippen LogP contribution in [0.5, 0.6) is 5.75 Å². The zero-order valence-electron chi connectivity index (χ0n) is 13.4. The van der Waals surface area contributed by atoms with Crippen LogP contribution < -0.4 is 10.1 Å². The minimum absolute atomic E-state index is 0.000826. The van der Waals surface area contributed by atoms with Crippen molar-refractivity contribution in [1.82, 2.24) is 4.90 Å². The molecule has 0 aromatic heterocycles. The molecule has 0 saturated carbocycles. The number of carbonyl (C=O) groups excluding carboxylic acids is 1. The summed E-state index contributed by atoms with van der Waals surface area (Å²) in [7, 11) is 3.48. The Hall–Kier alpha value is -2.93. The zero-order valence-corrected chi connectivity index (χ0v) is 13.4. The number of hydrogen-bond donors (Lipinski definition) is 1. The maximum atomic E-state index is 11.8. The number of carbonyl (C=O) groups is 1. The molecular weight excluding hydrogens is 288 g/mol. The SMILES string of the molecule is C#CCOc1ccc(CNc2ccc(C(=O)N(C)C)cc2)cc1. The van der Waals surface area contributed by atoms with E-state index in [2.05, 4.69) is 11.2 Å². The second-order valence-electron chi connectivity index (χ2n) is 5.27. The number of terminal acetylenes is 1. The minimum atomic E-state index is -0.000826. The number of nitrogens with zero attached hydrogens (tertiary/aromatic N) is 1. The molecule has 0 heterocycles. The molecule has 0 fully saturated rings. The van der Waals surface area contributed by atoms with Crippen LogP contribution in [0.3, 0.4) is 0 Å². The van der Waals surface area contributed by atoms with Crippen molar-refractivity contribution >= 4 is 11.6 Å². The highest BCUT2D eigenvalue weighted by molar-refractivity contribution is 5.94. The Morgan fingerprint density at radius 2 is 1.78 bits per heavy atom. The van der Waals surface area contributed by atoms with E-state index in [9.17, 15) is 4.79 Å². The van der Waals surface area contributed by atoms with Gasteiger partial charge in [-0.1, -0.05) is 18.1 Å². The summed E-state index contributed by atoms with van der Waals surface area (Å²) >= 11 is 0. The molecule has 0 aliphatic rings. The van der Waals surface area contributed by atoms with E-state index in [0.717, 1.165) is 17.0 Å². The van der Waals surface area contributed by atoms with Gasteiger partial charge in [0.15, 0.2) is 0 Å². The molecule has 23 heavy (non-hydrogen) atoms. The molecule has 2 aromatic carbocycles. The van der Waals surface area contributed by atoms with Gasteiger partial charge >= 0.3 is 0 Å². The number of amides is 1. The van der Waals surface area contributed by atoms with Crippen molar-refractivity contribution in [2.45, 2.75) is 6.54 Å². The topological polar surface area (TPSA) is 41.6 Å². The molecule has 1 amide bonds. The molecule has 2 aromatic rings. The molecule has 2 rings (SSSR count). The summed E-state index contributed by atoms with van der Waals surface area (Å²) in [5.74, 6) is 3.20. The molecule has 4 heteroatoms. The summed E-state index contributed by atoms with van der Waals surface area (Å²) < 4.78 is 5.34. The van der Waals surface area contributed by atoms with Crippen molar-refractivity contribution in [2.24, 2.45) is 0 Å². The normalized spacial score (nSPS) is 9.78. The van der Waals surface area contributed by atoms with Gasteiger partial charge in [-0.25, -0.2) is 0 Å².